The molecule has 0 aliphatic carbocycles. The van der Waals surface area contributed by atoms with Crippen molar-refractivity contribution in [2.45, 2.75) is 18.4 Å². The molecule has 2 aromatic carbocycles. The van der Waals surface area contributed by atoms with Gasteiger partial charge < -0.3 is 9.30 Å². The molecule has 4 rings (SSSR count). The third-order valence-electron chi connectivity index (χ3n) is 5.10. The maximum absolute atomic E-state index is 12.7. The lowest BCUT2D eigenvalue weighted by molar-refractivity contribution is -0.384. The van der Waals surface area contributed by atoms with Crippen molar-refractivity contribution in [3.05, 3.63) is 62.9 Å². The minimum absolute atomic E-state index is 0.0306. The fourth-order valence-electron chi connectivity index (χ4n) is 3.42. The fourth-order valence-corrected chi connectivity index (χ4v) is 5.96. The van der Waals surface area contributed by atoms with Crippen molar-refractivity contribution in [3.8, 4) is 0 Å². The minimum Gasteiger partial charge on any atom is -0.379 e. The normalized spacial score (nSPS) is 15.8. The third-order valence-corrected chi connectivity index (χ3v) is 8.05. The van der Waals surface area contributed by atoms with Crippen LogP contribution in [0.1, 0.15) is 17.3 Å². The number of nitro groups is 1. The van der Waals surface area contributed by atoms with E-state index in [1.54, 1.807) is 10.6 Å². The summed E-state index contributed by atoms with van der Waals surface area (Å²) in [7, 11) is -3.65. The van der Waals surface area contributed by atoms with Gasteiger partial charge in [0.1, 0.15) is 0 Å². The van der Waals surface area contributed by atoms with Crippen LogP contribution in [0.3, 0.4) is 0 Å². The number of sulfonamides is 1. The zero-order valence-corrected chi connectivity index (χ0v) is 18.8. The molecule has 1 amide bonds. The number of hydrogen-bond donors (Lipinski definition) is 0. The predicted octanol–water partition coefficient (Wildman–Crippen LogP) is 2.39. The molecule has 0 bridgehead atoms. The van der Waals surface area contributed by atoms with E-state index in [0.29, 0.717) is 42.3 Å². The molecule has 1 saturated heterocycles. The molecular formula is C20H20N4O6S2. The second kappa shape index (κ2) is 8.90. The molecule has 1 aromatic heterocycles. The Morgan fingerprint density at radius 3 is 2.50 bits per heavy atom. The Labute approximate surface area is 187 Å². The lowest BCUT2D eigenvalue weighted by Crippen LogP contribution is -2.40. The highest BCUT2D eigenvalue weighted by Crippen LogP contribution is 2.23. The summed E-state index contributed by atoms with van der Waals surface area (Å²) in [5, 5.41) is 11.0. The summed E-state index contributed by atoms with van der Waals surface area (Å²) >= 11 is 1.19. The Morgan fingerprint density at radius 2 is 1.88 bits per heavy atom. The number of carbonyl (C=O) groups excluding carboxylic acids is 1. The fraction of sp³-hybridized carbons (Fsp3) is 0.300. The van der Waals surface area contributed by atoms with Crippen LogP contribution in [0.2, 0.25) is 0 Å². The van der Waals surface area contributed by atoms with Crippen LogP contribution in [0.4, 0.5) is 5.69 Å². The lowest BCUT2D eigenvalue weighted by atomic mass is 10.2. The number of ether oxygens (including phenoxy) is 1. The molecule has 10 nitrogen and oxygen atoms in total. The lowest BCUT2D eigenvalue weighted by Gasteiger charge is -2.26. The second-order valence-corrected chi connectivity index (χ2v) is 9.94. The molecule has 32 heavy (non-hydrogen) atoms. The number of non-ortho nitro benzene ring substituents is 1. The first-order valence-electron chi connectivity index (χ1n) is 9.86. The minimum atomic E-state index is -3.65. The highest BCUT2D eigenvalue weighted by molar-refractivity contribution is 7.89. The number of fused-ring (bicyclic) bond motifs is 1. The predicted molar refractivity (Wildman–Crippen MR) is 118 cm³/mol. The van der Waals surface area contributed by atoms with Crippen LogP contribution >= 0.6 is 11.3 Å². The number of aryl methyl sites for hydroxylation is 1. The standard InChI is InChI=1S/C20H20N4O6S2/c1-2-23-17-8-5-15(24(26)27)13-18(17)31-20(23)21-19(25)14-3-6-16(7-4-14)32(28,29)22-9-11-30-12-10-22/h3-8,13H,2,9-12H2,1H3. The zero-order chi connectivity index (χ0) is 22.9. The van der Waals surface area contributed by atoms with Gasteiger partial charge in [-0.05, 0) is 37.3 Å². The highest BCUT2D eigenvalue weighted by Gasteiger charge is 2.26. The van der Waals surface area contributed by atoms with Crippen LogP contribution < -0.4 is 4.80 Å². The van der Waals surface area contributed by atoms with Gasteiger partial charge in [-0.3, -0.25) is 14.9 Å². The number of morpholine rings is 1. The average Bonchev–Trinajstić information content (AvgIpc) is 3.15. The van der Waals surface area contributed by atoms with Crippen molar-refractivity contribution in [1.82, 2.24) is 8.87 Å². The monoisotopic (exact) mass is 476 g/mol. The van der Waals surface area contributed by atoms with Gasteiger partial charge in [0.05, 0.1) is 33.2 Å². The number of hydrogen-bond acceptors (Lipinski definition) is 7. The van der Waals surface area contributed by atoms with Crippen molar-refractivity contribution >= 4 is 43.2 Å². The van der Waals surface area contributed by atoms with E-state index in [4.69, 9.17) is 4.74 Å². The van der Waals surface area contributed by atoms with E-state index >= 15 is 0 Å². The first kappa shape index (κ1) is 22.3. The van der Waals surface area contributed by atoms with Gasteiger partial charge in [-0.15, -0.1) is 0 Å². The van der Waals surface area contributed by atoms with E-state index in [1.165, 1.54) is 52.0 Å². The Hall–Kier alpha value is -2.93. The average molecular weight is 477 g/mol. The Bertz CT molecular complexity index is 1350. The van der Waals surface area contributed by atoms with E-state index in [-0.39, 0.29) is 16.1 Å². The summed E-state index contributed by atoms with van der Waals surface area (Å²) in [6, 6.07) is 10.2. The molecule has 12 heteroatoms. The summed E-state index contributed by atoms with van der Waals surface area (Å²) < 4.78 is 34.5. The molecule has 0 radical (unpaired) electrons. The van der Waals surface area contributed by atoms with Crippen LogP contribution in [-0.4, -0.2) is 54.4 Å². The number of nitro benzene ring substituents is 1. The van der Waals surface area contributed by atoms with Crippen molar-refractivity contribution in [2.24, 2.45) is 4.99 Å². The summed E-state index contributed by atoms with van der Waals surface area (Å²) in [5.41, 5.74) is 0.968. The molecule has 0 saturated carbocycles. The number of thiazole rings is 1. The number of carbonyl (C=O) groups is 1. The molecule has 1 aliphatic heterocycles. The van der Waals surface area contributed by atoms with Crippen LogP contribution in [0.25, 0.3) is 10.2 Å². The smallest absolute Gasteiger partial charge is 0.279 e. The number of amides is 1. The molecule has 1 fully saturated rings. The molecule has 168 valence electrons. The van der Waals surface area contributed by atoms with E-state index in [9.17, 15) is 23.3 Å². The maximum atomic E-state index is 12.7. The van der Waals surface area contributed by atoms with Crippen molar-refractivity contribution in [2.75, 3.05) is 26.3 Å². The third kappa shape index (κ3) is 4.21. The van der Waals surface area contributed by atoms with Crippen LogP contribution in [0.15, 0.2) is 52.4 Å². The van der Waals surface area contributed by atoms with Crippen LogP contribution in [0.5, 0.6) is 0 Å². The topological polar surface area (TPSA) is 124 Å². The molecular weight excluding hydrogens is 456 g/mol. The Balaban J connectivity index is 1.65. The van der Waals surface area contributed by atoms with Crippen molar-refractivity contribution in [3.63, 3.8) is 0 Å². The number of benzene rings is 2. The zero-order valence-electron chi connectivity index (χ0n) is 17.1. The molecule has 1 aliphatic rings. The quantitative estimate of drug-likeness (QED) is 0.411. The van der Waals surface area contributed by atoms with E-state index in [1.807, 2.05) is 6.92 Å². The van der Waals surface area contributed by atoms with Gasteiger partial charge in [-0.2, -0.15) is 9.30 Å². The Morgan fingerprint density at radius 1 is 1.19 bits per heavy atom. The number of rotatable bonds is 5. The molecule has 0 spiro atoms. The van der Waals surface area contributed by atoms with Gasteiger partial charge >= 0.3 is 0 Å². The molecule has 2 heterocycles. The molecule has 0 N–H and O–H groups in total. The molecule has 3 aromatic rings. The number of aromatic nitrogens is 1. The van der Waals surface area contributed by atoms with Gasteiger partial charge in [0.2, 0.25) is 10.0 Å². The molecule has 0 atom stereocenters. The first-order chi connectivity index (χ1) is 15.3. The van der Waals surface area contributed by atoms with E-state index < -0.39 is 20.9 Å². The summed E-state index contributed by atoms with van der Waals surface area (Å²) in [6.07, 6.45) is 0. The summed E-state index contributed by atoms with van der Waals surface area (Å²) in [6.45, 7) is 3.71. The van der Waals surface area contributed by atoms with Crippen molar-refractivity contribution < 1.29 is 22.9 Å². The van der Waals surface area contributed by atoms with Gasteiger partial charge in [0.25, 0.3) is 11.6 Å². The second-order valence-electron chi connectivity index (χ2n) is 7.00. The highest BCUT2D eigenvalue weighted by atomic mass is 32.2. The summed E-state index contributed by atoms with van der Waals surface area (Å²) in [4.78, 5) is 28.0. The first-order valence-corrected chi connectivity index (χ1v) is 12.1. The largest absolute Gasteiger partial charge is 0.379 e. The maximum Gasteiger partial charge on any atom is 0.279 e. The van der Waals surface area contributed by atoms with Gasteiger partial charge in [0.15, 0.2) is 4.80 Å². The SMILES string of the molecule is CCn1c(=NC(=O)c2ccc(S(=O)(=O)N3CCOCC3)cc2)sc2cc([N+](=O)[O-])ccc21. The molecule has 0 unspecified atom stereocenters. The van der Waals surface area contributed by atoms with Gasteiger partial charge in [-0.1, -0.05) is 11.3 Å². The van der Waals surface area contributed by atoms with Gasteiger partial charge in [0, 0.05) is 37.3 Å². The van der Waals surface area contributed by atoms with Gasteiger partial charge in [-0.25, -0.2) is 8.42 Å². The van der Waals surface area contributed by atoms with Crippen molar-refractivity contribution in [1.29, 1.82) is 0 Å². The van der Waals surface area contributed by atoms with Crippen LogP contribution in [-0.2, 0) is 21.3 Å². The van der Waals surface area contributed by atoms with E-state index in [2.05, 4.69) is 4.99 Å². The van der Waals surface area contributed by atoms with Crippen LogP contribution in [0, 0.1) is 10.1 Å². The number of nitrogens with zero attached hydrogens (tertiary/aromatic N) is 4. The van der Waals surface area contributed by atoms with E-state index in [0.717, 1.165) is 5.52 Å². The Kier molecular flexibility index (Phi) is 6.20. The summed E-state index contributed by atoms with van der Waals surface area (Å²) in [5.74, 6) is -0.524.